The minimum absolute atomic E-state index is 0.529. The zero-order chi connectivity index (χ0) is 12.4. The van der Waals surface area contributed by atoms with Crippen LogP contribution in [-0.2, 0) is 12.8 Å². The second-order valence-electron chi connectivity index (χ2n) is 4.54. The molecule has 0 saturated carbocycles. The average molecular weight is 240 g/mol. The molecule has 0 unspecified atom stereocenters. The lowest BCUT2D eigenvalue weighted by molar-refractivity contribution is 0.773. The third kappa shape index (κ3) is 2.14. The summed E-state index contributed by atoms with van der Waals surface area (Å²) in [5.74, 6) is 1.27. The maximum absolute atomic E-state index is 5.71. The van der Waals surface area contributed by atoms with Gasteiger partial charge in [-0.1, -0.05) is 24.3 Å². The van der Waals surface area contributed by atoms with E-state index in [4.69, 9.17) is 5.73 Å². The van der Waals surface area contributed by atoms with E-state index in [-0.39, 0.29) is 0 Å². The van der Waals surface area contributed by atoms with E-state index >= 15 is 0 Å². The minimum Gasteiger partial charge on any atom is -0.384 e. The number of hydrogen-bond acceptors (Lipinski definition) is 4. The first-order chi connectivity index (χ1) is 8.83. The Balaban J connectivity index is 1.83. The number of aromatic nitrogens is 2. The van der Waals surface area contributed by atoms with Crippen LogP contribution in [0.2, 0.25) is 0 Å². The second-order valence-corrected chi connectivity index (χ2v) is 4.54. The summed E-state index contributed by atoms with van der Waals surface area (Å²) in [5.41, 5.74) is 8.58. The molecule has 3 rings (SSSR count). The summed E-state index contributed by atoms with van der Waals surface area (Å²) in [6.45, 7) is 1.89. The van der Waals surface area contributed by atoms with Crippen LogP contribution in [0.4, 0.5) is 11.8 Å². The van der Waals surface area contributed by atoms with Gasteiger partial charge < -0.3 is 10.6 Å². The summed E-state index contributed by atoms with van der Waals surface area (Å²) >= 11 is 0. The zero-order valence-corrected chi connectivity index (χ0v) is 10.2. The van der Waals surface area contributed by atoms with Gasteiger partial charge in [-0.3, -0.25) is 0 Å². The largest absolute Gasteiger partial charge is 0.384 e. The van der Waals surface area contributed by atoms with E-state index in [1.807, 2.05) is 0 Å². The number of nitrogens with two attached hydrogens (primary N) is 1. The molecule has 0 radical (unpaired) electrons. The second kappa shape index (κ2) is 4.64. The quantitative estimate of drug-likeness (QED) is 0.823. The fraction of sp³-hybridized carbons (Fsp3) is 0.286. The molecule has 0 bridgehead atoms. The first-order valence-electron chi connectivity index (χ1n) is 6.23. The Bertz CT molecular complexity index is 526. The summed E-state index contributed by atoms with van der Waals surface area (Å²) in [7, 11) is 0. The molecule has 1 aliphatic rings. The summed E-state index contributed by atoms with van der Waals surface area (Å²) in [6, 6.07) is 10.3. The molecule has 0 saturated heterocycles. The number of benzene rings is 1. The van der Waals surface area contributed by atoms with Gasteiger partial charge in [-0.25, -0.2) is 4.98 Å². The standard InChI is InChI=1S/C14H16N4/c15-13-5-8-16-14(17-13)18-9-6-11-3-1-2-4-12(11)7-10-18/h1-5,8H,6-7,9-10H2,(H2,15,16,17). The number of nitrogens with zero attached hydrogens (tertiary/aromatic N) is 3. The molecular formula is C14H16N4. The van der Waals surface area contributed by atoms with Crippen molar-refractivity contribution in [2.24, 2.45) is 0 Å². The molecule has 92 valence electrons. The van der Waals surface area contributed by atoms with Crippen molar-refractivity contribution in [1.82, 2.24) is 9.97 Å². The Labute approximate surface area is 106 Å². The van der Waals surface area contributed by atoms with Crippen molar-refractivity contribution in [1.29, 1.82) is 0 Å². The number of hydrogen-bond donors (Lipinski definition) is 1. The van der Waals surface area contributed by atoms with Crippen LogP contribution in [0.15, 0.2) is 36.5 Å². The molecular weight excluding hydrogens is 224 g/mol. The van der Waals surface area contributed by atoms with Crippen LogP contribution in [0.5, 0.6) is 0 Å². The van der Waals surface area contributed by atoms with E-state index < -0.39 is 0 Å². The van der Waals surface area contributed by atoms with Gasteiger partial charge >= 0.3 is 0 Å². The van der Waals surface area contributed by atoms with Gasteiger partial charge in [-0.2, -0.15) is 4.98 Å². The smallest absolute Gasteiger partial charge is 0.227 e. The lowest BCUT2D eigenvalue weighted by Crippen LogP contribution is -2.28. The Morgan fingerprint density at radius 1 is 1.00 bits per heavy atom. The van der Waals surface area contributed by atoms with Gasteiger partial charge in [-0.05, 0) is 30.0 Å². The Morgan fingerprint density at radius 3 is 2.28 bits per heavy atom. The number of fused-ring (bicyclic) bond motifs is 1. The summed E-state index contributed by atoms with van der Waals surface area (Å²) in [6.07, 6.45) is 3.79. The highest BCUT2D eigenvalue weighted by Crippen LogP contribution is 2.18. The molecule has 2 aromatic rings. The maximum Gasteiger partial charge on any atom is 0.227 e. The normalized spacial score (nSPS) is 15.0. The third-order valence-electron chi connectivity index (χ3n) is 3.37. The third-order valence-corrected chi connectivity index (χ3v) is 3.37. The van der Waals surface area contributed by atoms with Gasteiger partial charge in [0, 0.05) is 19.3 Å². The molecule has 0 amide bonds. The first kappa shape index (κ1) is 11.0. The van der Waals surface area contributed by atoms with Gasteiger partial charge in [-0.15, -0.1) is 0 Å². The molecule has 4 nitrogen and oxygen atoms in total. The van der Waals surface area contributed by atoms with E-state index in [1.54, 1.807) is 12.3 Å². The van der Waals surface area contributed by atoms with Crippen LogP contribution in [0.3, 0.4) is 0 Å². The molecule has 18 heavy (non-hydrogen) atoms. The van der Waals surface area contributed by atoms with E-state index in [0.717, 1.165) is 31.9 Å². The van der Waals surface area contributed by atoms with Gasteiger partial charge in [0.05, 0.1) is 0 Å². The predicted molar refractivity (Wildman–Crippen MR) is 72.5 cm³/mol. The number of rotatable bonds is 1. The molecule has 0 aliphatic carbocycles. The topological polar surface area (TPSA) is 55.0 Å². The number of nitrogen functional groups attached to an aromatic ring is 1. The van der Waals surface area contributed by atoms with Gasteiger partial charge in [0.1, 0.15) is 5.82 Å². The fourth-order valence-electron chi connectivity index (χ4n) is 2.38. The monoisotopic (exact) mass is 240 g/mol. The van der Waals surface area contributed by atoms with Crippen molar-refractivity contribution in [2.45, 2.75) is 12.8 Å². The SMILES string of the molecule is Nc1ccnc(N2CCc3ccccc3CC2)n1. The molecule has 1 aromatic carbocycles. The van der Waals surface area contributed by atoms with E-state index in [2.05, 4.69) is 39.1 Å². The first-order valence-corrected chi connectivity index (χ1v) is 6.23. The van der Waals surface area contributed by atoms with Crippen LogP contribution in [0.25, 0.3) is 0 Å². The highest BCUT2D eigenvalue weighted by Gasteiger charge is 2.15. The van der Waals surface area contributed by atoms with Crippen LogP contribution < -0.4 is 10.6 Å². The molecule has 0 spiro atoms. The number of anilines is 2. The molecule has 0 fully saturated rings. The average Bonchev–Trinajstić information content (AvgIpc) is 2.61. The van der Waals surface area contributed by atoms with Crippen LogP contribution in [0.1, 0.15) is 11.1 Å². The fourth-order valence-corrected chi connectivity index (χ4v) is 2.38. The van der Waals surface area contributed by atoms with Crippen LogP contribution >= 0.6 is 0 Å². The predicted octanol–water partition coefficient (Wildman–Crippen LogP) is 1.66. The minimum atomic E-state index is 0.529. The Morgan fingerprint density at radius 2 is 1.67 bits per heavy atom. The van der Waals surface area contributed by atoms with E-state index in [9.17, 15) is 0 Å². The van der Waals surface area contributed by atoms with Crippen molar-refractivity contribution in [2.75, 3.05) is 23.7 Å². The molecule has 2 N–H and O–H groups in total. The highest BCUT2D eigenvalue weighted by molar-refractivity contribution is 5.40. The molecule has 1 aromatic heterocycles. The summed E-state index contributed by atoms with van der Waals surface area (Å²) in [5, 5.41) is 0. The van der Waals surface area contributed by atoms with Gasteiger partial charge in [0.2, 0.25) is 5.95 Å². The molecule has 4 heteroatoms. The lowest BCUT2D eigenvalue weighted by Gasteiger charge is -2.19. The van der Waals surface area contributed by atoms with E-state index in [0.29, 0.717) is 5.82 Å². The Hall–Kier alpha value is -2.10. The van der Waals surface area contributed by atoms with Crippen molar-refractivity contribution in [3.8, 4) is 0 Å². The molecule has 2 heterocycles. The zero-order valence-electron chi connectivity index (χ0n) is 10.2. The Kier molecular flexibility index (Phi) is 2.84. The van der Waals surface area contributed by atoms with Crippen molar-refractivity contribution < 1.29 is 0 Å². The van der Waals surface area contributed by atoms with Crippen molar-refractivity contribution in [3.05, 3.63) is 47.7 Å². The maximum atomic E-state index is 5.71. The van der Waals surface area contributed by atoms with Crippen molar-refractivity contribution in [3.63, 3.8) is 0 Å². The summed E-state index contributed by atoms with van der Waals surface area (Å²) < 4.78 is 0. The highest BCUT2D eigenvalue weighted by atomic mass is 15.3. The molecule has 0 atom stereocenters. The molecule has 1 aliphatic heterocycles. The summed E-state index contributed by atoms with van der Waals surface area (Å²) in [4.78, 5) is 10.8. The van der Waals surface area contributed by atoms with Gasteiger partial charge in [0.15, 0.2) is 0 Å². The van der Waals surface area contributed by atoms with Crippen LogP contribution in [0, 0.1) is 0 Å². The van der Waals surface area contributed by atoms with E-state index in [1.165, 1.54) is 11.1 Å². The van der Waals surface area contributed by atoms with Crippen molar-refractivity contribution >= 4 is 11.8 Å². The van der Waals surface area contributed by atoms with Gasteiger partial charge in [0.25, 0.3) is 0 Å². The lowest BCUT2D eigenvalue weighted by atomic mass is 10.0. The van der Waals surface area contributed by atoms with Crippen LogP contribution in [-0.4, -0.2) is 23.1 Å².